The number of amides is 2. The van der Waals surface area contributed by atoms with Crippen LogP contribution in [0.3, 0.4) is 0 Å². The van der Waals surface area contributed by atoms with E-state index in [-0.39, 0.29) is 11.8 Å². The minimum atomic E-state index is -0.00401. The van der Waals surface area contributed by atoms with Crippen molar-refractivity contribution in [1.82, 2.24) is 0 Å². The molecule has 5 aliphatic heterocycles. The second-order valence-corrected chi connectivity index (χ2v) is 34.7. The van der Waals surface area contributed by atoms with Crippen molar-refractivity contribution in [3.63, 3.8) is 0 Å². The summed E-state index contributed by atoms with van der Waals surface area (Å²) in [4.78, 5) is 44.2. The fourth-order valence-corrected chi connectivity index (χ4v) is 20.4. The van der Waals surface area contributed by atoms with Gasteiger partial charge < -0.3 is 29.8 Å². The molecule has 0 saturated carbocycles. The van der Waals surface area contributed by atoms with Crippen molar-refractivity contribution in [1.29, 1.82) is 0 Å². The van der Waals surface area contributed by atoms with Crippen molar-refractivity contribution < 1.29 is 9.59 Å². The van der Waals surface area contributed by atoms with Crippen molar-refractivity contribution in [3.05, 3.63) is 423 Å². The number of benzene rings is 18. The molecule has 0 bridgehead atoms. The molecule has 5 aliphatic rings. The van der Waals surface area contributed by atoms with Crippen molar-refractivity contribution in [2.24, 2.45) is 0 Å². The highest BCUT2D eigenvalue weighted by molar-refractivity contribution is 9.11. The molecule has 0 aromatic heterocycles. The smallest absolute Gasteiger partial charge is 0.263 e. The van der Waals surface area contributed by atoms with E-state index in [2.05, 4.69) is 339 Å². The zero-order chi connectivity index (χ0) is 85.8. The Labute approximate surface area is 767 Å². The maximum atomic E-state index is 13.6. The molecular formula is C109H77Br3N8O2S3. The van der Waals surface area contributed by atoms with Crippen LogP contribution in [0.4, 0.5) is 79.6 Å². The summed E-state index contributed by atoms with van der Waals surface area (Å²) in [6.07, 6.45) is 1.80. The van der Waals surface area contributed by atoms with Crippen LogP contribution in [0.15, 0.2) is 390 Å². The lowest BCUT2D eigenvalue weighted by Crippen LogP contribution is -2.20. The van der Waals surface area contributed by atoms with Gasteiger partial charge in [0.15, 0.2) is 0 Å². The lowest BCUT2D eigenvalue weighted by molar-refractivity contribution is 0.0997. The predicted molar refractivity (Wildman–Crippen MR) is 549 cm³/mol. The summed E-state index contributed by atoms with van der Waals surface area (Å²) in [6.45, 7) is 3.89. The molecule has 18 aromatic carbocycles. The van der Waals surface area contributed by atoms with Crippen LogP contribution >= 0.6 is 84.4 Å². The van der Waals surface area contributed by atoms with Gasteiger partial charge in [-0.15, -0.1) is 0 Å². The quantitative estimate of drug-likeness (QED) is 0.119. The zero-order valence-electron chi connectivity index (χ0n) is 68.3. The topological polar surface area (TPSA) is 68.9 Å². The highest BCUT2D eigenvalue weighted by Crippen LogP contribution is 2.51. The van der Waals surface area contributed by atoms with Crippen molar-refractivity contribution in [3.8, 4) is 22.3 Å². The van der Waals surface area contributed by atoms with E-state index >= 15 is 0 Å². The average Bonchev–Trinajstić information content (AvgIpc) is 1.60. The molecule has 2 amide bonds. The molecular weight excluding hydrogens is 1790 g/mol. The van der Waals surface area contributed by atoms with E-state index in [0.717, 1.165) is 168 Å². The summed E-state index contributed by atoms with van der Waals surface area (Å²) >= 11 is 26.9. The fraction of sp³-hybridized carbons (Fsp3) is 0.0367. The molecule has 0 atom stereocenters. The minimum absolute atomic E-state index is 0.00401. The number of thiocarbonyl (C=S) groups is 3. The first kappa shape index (κ1) is 81.1. The van der Waals surface area contributed by atoms with Gasteiger partial charge in [-0.25, -0.2) is 0 Å². The van der Waals surface area contributed by atoms with Crippen LogP contribution in [0.5, 0.6) is 0 Å². The highest BCUT2D eigenvalue weighted by Gasteiger charge is 2.35. The SMILES string of the molecule is C=Cc1cccc(N2C(=O)c3cccc4c(-c5ccc(N(c6ccccc6)c6ccccc6)cc5)ccc2c34)c1.CN(C)c1ccc(N2C(=O)c3cccc4c(-c5ccc(N(c6ccccc6)c6ccccc6)cc5)ccc2c34)cc1.CN1C(=S)c2cccc3c(Br)cc(Br)c1c23.CN1C(=S)c2cccc3c(Br)ccc1c23.S=C1Nc2cccc3cccc1c23. The van der Waals surface area contributed by atoms with Crippen LogP contribution in [-0.4, -0.2) is 55.0 Å². The zero-order valence-corrected chi connectivity index (χ0v) is 75.5. The maximum absolute atomic E-state index is 13.6. The molecule has 1 N–H and O–H groups in total. The summed E-state index contributed by atoms with van der Waals surface area (Å²) in [5.41, 5.74) is 25.1. The number of carbonyl (C=O) groups excluding carboxylic acids is 2. The van der Waals surface area contributed by atoms with Crippen LogP contribution in [0.2, 0.25) is 0 Å². The Kier molecular flexibility index (Phi) is 22.3. The van der Waals surface area contributed by atoms with Crippen LogP contribution in [0, 0.1) is 0 Å². The third-order valence-electron chi connectivity index (χ3n) is 23.5. The second-order valence-electron chi connectivity index (χ2n) is 30.9. The van der Waals surface area contributed by atoms with Gasteiger partial charge in [-0.3, -0.25) is 19.4 Å². The van der Waals surface area contributed by atoms with Gasteiger partial charge in [-0.05, 0) is 228 Å². The molecule has 125 heavy (non-hydrogen) atoms. The number of carbonyl (C=O) groups is 2. The molecule has 18 aromatic rings. The molecule has 0 spiro atoms. The largest absolute Gasteiger partial charge is 0.378 e. The lowest BCUT2D eigenvalue weighted by Gasteiger charge is -2.25. The highest BCUT2D eigenvalue weighted by atomic mass is 79.9. The summed E-state index contributed by atoms with van der Waals surface area (Å²) in [5, 5.41) is 14.8. The molecule has 5 heterocycles. The monoisotopic (exact) mass is 1860 g/mol. The Morgan fingerprint density at radius 3 is 1.24 bits per heavy atom. The van der Waals surface area contributed by atoms with Gasteiger partial charge in [-0.1, -0.05) is 293 Å². The maximum Gasteiger partial charge on any atom is 0.263 e. The van der Waals surface area contributed by atoms with Crippen molar-refractivity contribution in [2.75, 3.05) is 67.8 Å². The number of nitrogens with one attached hydrogen (secondary N) is 1. The number of hydrogen-bond donors (Lipinski definition) is 1. The number of halogens is 3. The number of nitrogens with zero attached hydrogens (tertiary/aromatic N) is 7. The van der Waals surface area contributed by atoms with E-state index in [4.69, 9.17) is 36.7 Å². The first-order chi connectivity index (χ1) is 61.0. The van der Waals surface area contributed by atoms with Gasteiger partial charge in [-0.2, -0.15) is 0 Å². The number of rotatable bonds is 12. The third kappa shape index (κ3) is 14.9. The summed E-state index contributed by atoms with van der Waals surface area (Å²) in [5.74, 6) is 0.00717. The summed E-state index contributed by atoms with van der Waals surface area (Å²) in [7, 11) is 8.06. The molecule has 0 fully saturated rings. The van der Waals surface area contributed by atoms with Gasteiger partial charge >= 0.3 is 0 Å². The molecule has 10 nitrogen and oxygen atoms in total. The van der Waals surface area contributed by atoms with E-state index < -0.39 is 0 Å². The lowest BCUT2D eigenvalue weighted by atomic mass is 9.95. The average molecular weight is 1870 g/mol. The van der Waals surface area contributed by atoms with E-state index in [1.807, 2.05) is 153 Å². The minimum Gasteiger partial charge on any atom is -0.378 e. The molecule has 23 rings (SSSR count). The van der Waals surface area contributed by atoms with Crippen LogP contribution < -0.4 is 39.6 Å². The third-order valence-corrected chi connectivity index (χ3v) is 26.7. The summed E-state index contributed by atoms with van der Waals surface area (Å²) < 4.78 is 3.29. The van der Waals surface area contributed by atoms with Gasteiger partial charge in [0.25, 0.3) is 11.8 Å². The molecule has 16 heteroatoms. The Balaban J connectivity index is 0.000000111. The molecule has 0 radical (unpaired) electrons. The van der Waals surface area contributed by atoms with Gasteiger partial charge in [0.1, 0.15) is 15.0 Å². The standard InChI is InChI=1S/C37H29N3O.C37H26N2O.C12H7Br2NS.C12H8BrNS.C11H7NS/c1-38(2)27-20-22-31(23-21-27)40-35-25-24-32(33-14-9-15-34(36(33)35)37(40)41)26-16-18-30(19-17-26)39(28-10-5-3-6-11-28)29-12-7-4-8-13-29;1-2-26-11-9-16-31(25-26)39-35-24-23-32(33-17-10-18-34(36(33)35)37(39)40)27-19-21-30(22-20-27)38(28-12-5-3-6-13-28)29-14-7-4-8-15-29;1-15-11-9(14)5-8(13)6-3-2-4-7(10(6)11)12(15)16;1-14-10-6-5-9(13)7-3-2-4-8(11(7)10)12(14)15;13-11-8-5-1-3-7-4-2-6-9(12-11)10(7)8/h3-25H,1-2H3;2-25H,1H2;2-5H,1H3;2-6H,1H3;1-6H,(H,12,13). The van der Waals surface area contributed by atoms with Crippen LogP contribution in [0.25, 0.3) is 82.2 Å². The van der Waals surface area contributed by atoms with Crippen LogP contribution in [-0.2, 0) is 0 Å². The Morgan fingerprint density at radius 1 is 0.328 bits per heavy atom. The molecule has 0 unspecified atom stereocenters. The molecule has 0 saturated heterocycles. The Morgan fingerprint density at radius 2 is 0.736 bits per heavy atom. The normalized spacial score (nSPS) is 12.7. The molecule has 0 aliphatic carbocycles. The van der Waals surface area contributed by atoms with Gasteiger partial charge in [0.2, 0.25) is 0 Å². The predicted octanol–water partition coefficient (Wildman–Crippen LogP) is 30.4. The fourth-order valence-electron chi connectivity index (χ4n) is 17.6. The number of anilines is 14. The van der Waals surface area contributed by atoms with E-state index in [1.54, 1.807) is 6.08 Å². The van der Waals surface area contributed by atoms with Gasteiger partial charge in [0.05, 0.1) is 33.9 Å². The van der Waals surface area contributed by atoms with E-state index in [0.29, 0.717) is 0 Å². The Bertz CT molecular complexity index is 7310. The van der Waals surface area contributed by atoms with Gasteiger partial charge in [0, 0.05) is 142 Å². The van der Waals surface area contributed by atoms with E-state index in [9.17, 15) is 9.59 Å². The number of para-hydroxylation sites is 4. The summed E-state index contributed by atoms with van der Waals surface area (Å²) in [6, 6.07) is 127. The Hall–Kier alpha value is -13.6. The first-order valence-corrected chi connectivity index (χ1v) is 44.4. The second kappa shape index (κ2) is 34.3. The van der Waals surface area contributed by atoms with Crippen molar-refractivity contribution in [2.45, 2.75) is 0 Å². The molecule has 604 valence electrons. The number of hydrogen-bond acceptors (Lipinski definition) is 8. The first-order valence-electron chi connectivity index (χ1n) is 40.8. The van der Waals surface area contributed by atoms with Crippen molar-refractivity contribution >= 4 is 251 Å². The van der Waals surface area contributed by atoms with Crippen LogP contribution in [0.1, 0.15) is 43.0 Å². The van der Waals surface area contributed by atoms with E-state index in [1.165, 1.54) is 49.3 Å².